The summed E-state index contributed by atoms with van der Waals surface area (Å²) in [6.45, 7) is 1.99. The number of rotatable bonds is 5. The van der Waals surface area contributed by atoms with Crippen LogP contribution in [0, 0.1) is 22.7 Å². The highest BCUT2D eigenvalue weighted by Crippen LogP contribution is 2.67. The minimum Gasteiger partial charge on any atom is -0.472 e. The molecule has 2 bridgehead atoms. The zero-order chi connectivity index (χ0) is 20.2. The van der Waals surface area contributed by atoms with E-state index in [0.29, 0.717) is 24.8 Å². The molecule has 3 aliphatic rings. The standard InChI is InChI=1S/C21H30O7/c1-13-8-17(23)21-12-28-18(24)20(13,9-15(22)14-5-7-27-10-14)16(21)4-3-6-19(21,25)11-26-2/h5,7,10,13,15-17,22-23,25H,3-4,6,8-9,11-12H2,1-2H3/t13-,15+,16-,17+,19-,20-,21+/m1/s1. The minimum atomic E-state index is -1.28. The zero-order valence-corrected chi connectivity index (χ0v) is 16.5. The molecule has 2 heterocycles. The predicted octanol–water partition coefficient (Wildman–Crippen LogP) is 1.81. The molecule has 2 saturated carbocycles. The minimum absolute atomic E-state index is 0.0200. The first-order valence-electron chi connectivity index (χ1n) is 10.1. The van der Waals surface area contributed by atoms with E-state index < -0.39 is 28.6 Å². The van der Waals surface area contributed by atoms with Gasteiger partial charge in [0.05, 0.1) is 47.8 Å². The van der Waals surface area contributed by atoms with Gasteiger partial charge in [-0.15, -0.1) is 0 Å². The Bertz CT molecular complexity index is 714. The first kappa shape index (κ1) is 19.9. The number of aliphatic hydroxyl groups is 3. The Morgan fingerprint density at radius 3 is 2.89 bits per heavy atom. The average Bonchev–Trinajstić information content (AvgIpc) is 3.18. The lowest BCUT2D eigenvalue weighted by Gasteiger charge is -2.67. The number of cyclic esters (lactones) is 1. The molecule has 3 fully saturated rings. The van der Waals surface area contributed by atoms with Gasteiger partial charge in [0.15, 0.2) is 0 Å². The quantitative estimate of drug-likeness (QED) is 0.654. The highest BCUT2D eigenvalue weighted by atomic mass is 16.5. The van der Waals surface area contributed by atoms with Crippen molar-refractivity contribution in [3.05, 3.63) is 24.2 Å². The van der Waals surface area contributed by atoms with Crippen LogP contribution in [0.5, 0.6) is 0 Å². The maximum atomic E-state index is 13.2. The third-order valence-corrected chi connectivity index (χ3v) is 7.91. The van der Waals surface area contributed by atoms with Crippen LogP contribution in [0.4, 0.5) is 0 Å². The molecule has 0 radical (unpaired) electrons. The Labute approximate surface area is 164 Å². The molecule has 7 nitrogen and oxygen atoms in total. The molecule has 1 saturated heterocycles. The number of hydrogen-bond donors (Lipinski definition) is 3. The number of ether oxygens (including phenoxy) is 2. The Kier molecular flexibility index (Phi) is 4.85. The molecular weight excluding hydrogens is 364 g/mol. The summed E-state index contributed by atoms with van der Waals surface area (Å²) in [6, 6.07) is 1.69. The summed E-state index contributed by atoms with van der Waals surface area (Å²) in [5.74, 6) is -0.827. The van der Waals surface area contributed by atoms with E-state index in [1.54, 1.807) is 6.07 Å². The molecule has 7 atom stereocenters. The number of methoxy groups -OCH3 is 1. The van der Waals surface area contributed by atoms with Gasteiger partial charge >= 0.3 is 5.97 Å². The Balaban J connectivity index is 1.81. The van der Waals surface area contributed by atoms with Crippen LogP contribution in [-0.4, -0.2) is 53.3 Å². The van der Waals surface area contributed by atoms with Crippen molar-refractivity contribution in [1.82, 2.24) is 0 Å². The van der Waals surface area contributed by atoms with E-state index in [2.05, 4.69) is 0 Å². The van der Waals surface area contributed by atoms with Crippen LogP contribution in [0.15, 0.2) is 23.0 Å². The molecule has 0 amide bonds. The van der Waals surface area contributed by atoms with Crippen LogP contribution < -0.4 is 0 Å². The average molecular weight is 394 g/mol. The van der Waals surface area contributed by atoms with Crippen LogP contribution in [0.2, 0.25) is 0 Å². The van der Waals surface area contributed by atoms with Crippen molar-refractivity contribution in [2.75, 3.05) is 20.3 Å². The van der Waals surface area contributed by atoms with E-state index in [4.69, 9.17) is 13.9 Å². The third-order valence-electron chi connectivity index (χ3n) is 7.91. The molecular formula is C21H30O7. The maximum absolute atomic E-state index is 13.2. The Morgan fingerprint density at radius 1 is 1.43 bits per heavy atom. The van der Waals surface area contributed by atoms with Crippen LogP contribution in [0.3, 0.4) is 0 Å². The SMILES string of the molecule is COC[C@]1(O)CCC[C@@H]2[C@]3(C[C@H](O)c4ccoc4)C(=O)OC[C@@]21[C@@H](O)C[C@H]3C. The summed E-state index contributed by atoms with van der Waals surface area (Å²) in [7, 11) is 1.53. The lowest BCUT2D eigenvalue weighted by molar-refractivity contribution is -0.306. The van der Waals surface area contributed by atoms with Gasteiger partial charge in [0.25, 0.3) is 0 Å². The van der Waals surface area contributed by atoms with Gasteiger partial charge in [-0.2, -0.15) is 0 Å². The van der Waals surface area contributed by atoms with Crippen molar-refractivity contribution in [3.8, 4) is 0 Å². The molecule has 2 aliphatic carbocycles. The van der Waals surface area contributed by atoms with Gasteiger partial charge in [0.2, 0.25) is 0 Å². The molecule has 1 aromatic rings. The molecule has 1 aromatic heterocycles. The monoisotopic (exact) mass is 394 g/mol. The molecule has 3 N–H and O–H groups in total. The van der Waals surface area contributed by atoms with Crippen LogP contribution >= 0.6 is 0 Å². The van der Waals surface area contributed by atoms with Crippen LogP contribution in [0.25, 0.3) is 0 Å². The van der Waals surface area contributed by atoms with Gasteiger partial charge in [-0.1, -0.05) is 13.3 Å². The number of carbonyl (C=O) groups excluding carboxylic acids is 1. The van der Waals surface area contributed by atoms with Gasteiger partial charge in [-0.25, -0.2) is 0 Å². The second kappa shape index (κ2) is 6.83. The number of carbonyl (C=O) groups is 1. The Morgan fingerprint density at radius 2 is 2.21 bits per heavy atom. The zero-order valence-electron chi connectivity index (χ0n) is 16.5. The number of hydrogen-bond acceptors (Lipinski definition) is 7. The fourth-order valence-corrected chi connectivity index (χ4v) is 6.54. The number of esters is 1. The highest BCUT2D eigenvalue weighted by Gasteiger charge is 2.74. The van der Waals surface area contributed by atoms with Gasteiger partial charge < -0.3 is 29.2 Å². The van der Waals surface area contributed by atoms with Gasteiger partial charge in [0.1, 0.15) is 6.61 Å². The van der Waals surface area contributed by atoms with Crippen molar-refractivity contribution in [2.45, 2.75) is 56.8 Å². The first-order valence-corrected chi connectivity index (χ1v) is 10.1. The summed E-state index contributed by atoms with van der Waals surface area (Å²) >= 11 is 0. The van der Waals surface area contributed by atoms with Crippen molar-refractivity contribution in [2.24, 2.45) is 22.7 Å². The smallest absolute Gasteiger partial charge is 0.312 e. The molecule has 0 spiro atoms. The summed E-state index contributed by atoms with van der Waals surface area (Å²) < 4.78 is 16.1. The molecule has 0 aromatic carbocycles. The second-order valence-electron chi connectivity index (χ2n) is 9.00. The fourth-order valence-electron chi connectivity index (χ4n) is 6.54. The third kappa shape index (κ3) is 2.46. The number of furan rings is 1. The lowest BCUT2D eigenvalue weighted by Crippen LogP contribution is -2.75. The highest BCUT2D eigenvalue weighted by molar-refractivity contribution is 5.79. The summed E-state index contributed by atoms with van der Waals surface area (Å²) in [5, 5.41) is 33.6. The van der Waals surface area contributed by atoms with E-state index in [0.717, 1.165) is 6.42 Å². The summed E-state index contributed by atoms with van der Waals surface area (Å²) in [6.07, 6.45) is 3.73. The fraction of sp³-hybridized carbons (Fsp3) is 0.762. The van der Waals surface area contributed by atoms with E-state index >= 15 is 0 Å². The lowest BCUT2D eigenvalue weighted by atomic mass is 9.40. The van der Waals surface area contributed by atoms with E-state index in [-0.39, 0.29) is 37.4 Å². The van der Waals surface area contributed by atoms with E-state index in [1.807, 2.05) is 6.92 Å². The molecule has 156 valence electrons. The molecule has 7 heteroatoms. The predicted molar refractivity (Wildman–Crippen MR) is 98.1 cm³/mol. The topological polar surface area (TPSA) is 109 Å². The molecule has 1 aliphatic heterocycles. The summed E-state index contributed by atoms with van der Waals surface area (Å²) in [4.78, 5) is 13.2. The Hall–Kier alpha value is -1.41. The molecule has 28 heavy (non-hydrogen) atoms. The van der Waals surface area contributed by atoms with Crippen LogP contribution in [0.1, 0.15) is 50.7 Å². The largest absolute Gasteiger partial charge is 0.472 e. The maximum Gasteiger partial charge on any atom is 0.312 e. The normalized spacial score (nSPS) is 43.9. The second-order valence-corrected chi connectivity index (χ2v) is 9.00. The van der Waals surface area contributed by atoms with Gasteiger partial charge in [-0.05, 0) is 43.6 Å². The van der Waals surface area contributed by atoms with Gasteiger partial charge in [-0.3, -0.25) is 4.79 Å². The summed E-state index contributed by atoms with van der Waals surface area (Å²) in [5.41, 5.74) is -2.63. The van der Waals surface area contributed by atoms with Gasteiger partial charge in [0, 0.05) is 12.7 Å². The molecule has 4 rings (SSSR count). The van der Waals surface area contributed by atoms with Crippen molar-refractivity contribution < 1.29 is 34.0 Å². The number of aliphatic hydroxyl groups excluding tert-OH is 2. The molecule has 0 unspecified atom stereocenters. The van der Waals surface area contributed by atoms with Crippen LogP contribution in [-0.2, 0) is 14.3 Å². The van der Waals surface area contributed by atoms with Crippen molar-refractivity contribution in [1.29, 1.82) is 0 Å². The van der Waals surface area contributed by atoms with Crippen molar-refractivity contribution in [3.63, 3.8) is 0 Å². The van der Waals surface area contributed by atoms with E-state index in [1.165, 1.54) is 19.6 Å². The van der Waals surface area contributed by atoms with Crippen molar-refractivity contribution >= 4 is 5.97 Å². The first-order chi connectivity index (χ1) is 13.3. The van der Waals surface area contributed by atoms with E-state index in [9.17, 15) is 20.1 Å².